The molecule has 6 heteroatoms. The molecule has 0 saturated heterocycles. The van der Waals surface area contributed by atoms with E-state index in [0.29, 0.717) is 29.1 Å². The summed E-state index contributed by atoms with van der Waals surface area (Å²) in [4.78, 5) is 21.5. The van der Waals surface area contributed by atoms with Crippen LogP contribution in [0.3, 0.4) is 0 Å². The molecular formula is C19H24N4O2. The molecule has 2 aromatic rings. The molecule has 1 saturated carbocycles. The van der Waals surface area contributed by atoms with Gasteiger partial charge in [0, 0.05) is 11.7 Å². The van der Waals surface area contributed by atoms with Crippen LogP contribution in [0.5, 0.6) is 5.75 Å². The third kappa shape index (κ3) is 4.26. The smallest absolute Gasteiger partial charge is 0.274 e. The van der Waals surface area contributed by atoms with Crippen molar-refractivity contribution in [2.45, 2.75) is 45.6 Å². The highest BCUT2D eigenvalue weighted by atomic mass is 16.5. The van der Waals surface area contributed by atoms with E-state index in [9.17, 15) is 4.79 Å². The molecule has 3 rings (SSSR count). The van der Waals surface area contributed by atoms with Gasteiger partial charge in [-0.25, -0.2) is 9.97 Å². The lowest BCUT2D eigenvalue weighted by Crippen LogP contribution is -2.20. The van der Waals surface area contributed by atoms with E-state index in [-0.39, 0.29) is 5.91 Å². The minimum absolute atomic E-state index is 0.274. The van der Waals surface area contributed by atoms with Crippen molar-refractivity contribution >= 4 is 17.5 Å². The Bertz CT molecular complexity index is 770. The second-order valence-corrected chi connectivity index (χ2v) is 6.50. The van der Waals surface area contributed by atoms with Crippen LogP contribution in [0.4, 0.5) is 11.6 Å². The summed E-state index contributed by atoms with van der Waals surface area (Å²) in [7, 11) is 1.58. The van der Waals surface area contributed by atoms with E-state index >= 15 is 0 Å². The Hall–Kier alpha value is -2.63. The summed E-state index contributed by atoms with van der Waals surface area (Å²) in [6, 6.07) is 7.74. The molecule has 1 aromatic carbocycles. The monoisotopic (exact) mass is 340 g/mol. The first-order valence-corrected chi connectivity index (χ1v) is 8.63. The van der Waals surface area contributed by atoms with Gasteiger partial charge in [0.05, 0.1) is 12.8 Å². The van der Waals surface area contributed by atoms with Crippen molar-refractivity contribution in [3.05, 3.63) is 41.2 Å². The number of methoxy groups -OCH3 is 1. The average Bonchev–Trinajstić information content (AvgIpc) is 3.07. The fourth-order valence-electron chi connectivity index (χ4n) is 3.11. The number of benzene rings is 1. The zero-order valence-corrected chi connectivity index (χ0v) is 14.9. The van der Waals surface area contributed by atoms with Crippen LogP contribution in [0.15, 0.2) is 24.3 Å². The van der Waals surface area contributed by atoms with E-state index < -0.39 is 0 Å². The second kappa shape index (κ2) is 7.51. The second-order valence-electron chi connectivity index (χ2n) is 6.50. The van der Waals surface area contributed by atoms with Gasteiger partial charge < -0.3 is 15.4 Å². The highest BCUT2D eigenvalue weighted by Gasteiger charge is 2.18. The number of ether oxygens (including phenoxy) is 1. The summed E-state index contributed by atoms with van der Waals surface area (Å²) in [5.41, 5.74) is 2.78. The molecule has 6 nitrogen and oxygen atoms in total. The van der Waals surface area contributed by atoms with Gasteiger partial charge in [-0.1, -0.05) is 18.9 Å². The molecule has 1 aliphatic rings. The molecule has 25 heavy (non-hydrogen) atoms. The van der Waals surface area contributed by atoms with Crippen molar-refractivity contribution in [1.82, 2.24) is 9.97 Å². The molecule has 1 heterocycles. The van der Waals surface area contributed by atoms with Crippen LogP contribution in [-0.2, 0) is 0 Å². The number of nitrogens with zero attached hydrogens (tertiary/aromatic N) is 2. The SMILES string of the molecule is COc1ccc(C)cc1NC(=O)c1cc(C)nc(NC2CCCC2)n1. The number of anilines is 2. The standard InChI is InChI=1S/C19H24N4O2/c1-12-8-9-17(25-3)15(10-12)22-18(24)16-11-13(2)20-19(23-16)21-14-6-4-5-7-14/h8-11,14H,4-7H2,1-3H3,(H,22,24)(H,20,21,23). The number of carbonyl (C=O) groups excluding carboxylic acids is 1. The van der Waals surface area contributed by atoms with E-state index in [4.69, 9.17) is 4.74 Å². The van der Waals surface area contributed by atoms with Crippen molar-refractivity contribution in [2.24, 2.45) is 0 Å². The fourth-order valence-corrected chi connectivity index (χ4v) is 3.11. The van der Waals surface area contributed by atoms with Crippen molar-refractivity contribution in [1.29, 1.82) is 0 Å². The molecule has 0 aliphatic heterocycles. The zero-order chi connectivity index (χ0) is 17.8. The predicted molar refractivity (Wildman–Crippen MR) is 98.3 cm³/mol. The highest BCUT2D eigenvalue weighted by molar-refractivity contribution is 6.04. The number of hydrogen-bond acceptors (Lipinski definition) is 5. The average molecular weight is 340 g/mol. The minimum atomic E-state index is -0.274. The van der Waals surface area contributed by atoms with Crippen molar-refractivity contribution in [2.75, 3.05) is 17.7 Å². The van der Waals surface area contributed by atoms with Gasteiger partial charge in [0.15, 0.2) is 0 Å². The Kier molecular flexibility index (Phi) is 5.16. The Balaban J connectivity index is 1.79. The maximum absolute atomic E-state index is 12.7. The lowest BCUT2D eigenvalue weighted by atomic mass is 10.2. The summed E-state index contributed by atoms with van der Waals surface area (Å²) in [5, 5.41) is 6.23. The number of amides is 1. The van der Waals surface area contributed by atoms with E-state index in [2.05, 4.69) is 20.6 Å². The van der Waals surface area contributed by atoms with Crippen LogP contribution < -0.4 is 15.4 Å². The predicted octanol–water partition coefficient (Wildman–Crippen LogP) is 3.71. The zero-order valence-electron chi connectivity index (χ0n) is 14.9. The number of hydrogen-bond donors (Lipinski definition) is 2. The van der Waals surface area contributed by atoms with Gasteiger partial charge in [-0.05, 0) is 50.5 Å². The van der Waals surface area contributed by atoms with Crippen LogP contribution in [0.25, 0.3) is 0 Å². The Labute approximate surface area is 148 Å². The Morgan fingerprint density at radius 1 is 1.16 bits per heavy atom. The molecule has 0 radical (unpaired) electrons. The number of aryl methyl sites for hydroxylation is 2. The van der Waals surface area contributed by atoms with Crippen molar-refractivity contribution < 1.29 is 9.53 Å². The molecule has 1 aliphatic carbocycles. The largest absolute Gasteiger partial charge is 0.495 e. The molecule has 132 valence electrons. The van der Waals surface area contributed by atoms with Gasteiger partial charge >= 0.3 is 0 Å². The van der Waals surface area contributed by atoms with Crippen LogP contribution >= 0.6 is 0 Å². The molecule has 1 fully saturated rings. The first-order valence-electron chi connectivity index (χ1n) is 8.63. The van der Waals surface area contributed by atoms with Gasteiger partial charge in [0.1, 0.15) is 11.4 Å². The number of aromatic nitrogens is 2. The van der Waals surface area contributed by atoms with Gasteiger partial charge in [0.2, 0.25) is 5.95 Å². The molecule has 1 amide bonds. The van der Waals surface area contributed by atoms with Gasteiger partial charge in [-0.3, -0.25) is 4.79 Å². The number of carbonyl (C=O) groups is 1. The third-order valence-corrected chi connectivity index (χ3v) is 4.38. The van der Waals surface area contributed by atoms with Crippen molar-refractivity contribution in [3.8, 4) is 5.75 Å². The van der Waals surface area contributed by atoms with Crippen LogP contribution in [-0.4, -0.2) is 29.0 Å². The summed E-state index contributed by atoms with van der Waals surface area (Å²) >= 11 is 0. The lowest BCUT2D eigenvalue weighted by molar-refractivity contribution is 0.102. The summed E-state index contributed by atoms with van der Waals surface area (Å²) in [5.74, 6) is 0.867. The normalized spacial score (nSPS) is 14.4. The van der Waals surface area contributed by atoms with Crippen LogP contribution in [0.2, 0.25) is 0 Å². The van der Waals surface area contributed by atoms with Gasteiger partial charge in [-0.15, -0.1) is 0 Å². The Morgan fingerprint density at radius 3 is 2.64 bits per heavy atom. The van der Waals surface area contributed by atoms with E-state index in [0.717, 1.165) is 24.1 Å². The molecule has 0 atom stereocenters. The topological polar surface area (TPSA) is 76.1 Å². The summed E-state index contributed by atoms with van der Waals surface area (Å²) < 4.78 is 5.31. The quantitative estimate of drug-likeness (QED) is 0.868. The maximum Gasteiger partial charge on any atom is 0.274 e. The van der Waals surface area contributed by atoms with Gasteiger partial charge in [0.25, 0.3) is 5.91 Å². The number of nitrogens with one attached hydrogen (secondary N) is 2. The van der Waals surface area contributed by atoms with Crippen LogP contribution in [0.1, 0.15) is 47.4 Å². The third-order valence-electron chi connectivity index (χ3n) is 4.38. The molecule has 0 unspecified atom stereocenters. The van der Waals surface area contributed by atoms with Crippen molar-refractivity contribution in [3.63, 3.8) is 0 Å². The minimum Gasteiger partial charge on any atom is -0.495 e. The molecule has 2 N–H and O–H groups in total. The summed E-state index contributed by atoms with van der Waals surface area (Å²) in [6.45, 7) is 3.83. The van der Waals surface area contributed by atoms with Gasteiger partial charge in [-0.2, -0.15) is 0 Å². The Morgan fingerprint density at radius 2 is 1.92 bits per heavy atom. The number of rotatable bonds is 5. The van der Waals surface area contributed by atoms with Crippen LogP contribution in [0, 0.1) is 13.8 Å². The first-order chi connectivity index (χ1) is 12.0. The van der Waals surface area contributed by atoms with E-state index in [1.54, 1.807) is 13.2 Å². The van der Waals surface area contributed by atoms with E-state index in [1.165, 1.54) is 12.8 Å². The lowest BCUT2D eigenvalue weighted by Gasteiger charge is -2.14. The highest BCUT2D eigenvalue weighted by Crippen LogP contribution is 2.26. The summed E-state index contributed by atoms with van der Waals surface area (Å²) in [6.07, 6.45) is 4.70. The first kappa shape index (κ1) is 17.2. The fraction of sp³-hybridized carbons (Fsp3) is 0.421. The molecule has 1 aromatic heterocycles. The maximum atomic E-state index is 12.7. The molecular weight excluding hydrogens is 316 g/mol. The molecule has 0 bridgehead atoms. The molecule has 0 spiro atoms. The van der Waals surface area contributed by atoms with E-state index in [1.807, 2.05) is 32.0 Å².